The number of hydrogen-bond donors (Lipinski definition) is 1. The molecule has 2 heterocycles. The molecular formula is C22H18ClFN4O2. The lowest BCUT2D eigenvalue weighted by Gasteiger charge is -2.06. The molecule has 0 fully saturated rings. The molecule has 0 spiro atoms. The number of carbonyl (C=O) groups excluding carboxylic acids is 1. The number of carbonyl (C=O) groups is 1. The molecular weight excluding hydrogens is 407 g/mol. The van der Waals surface area contributed by atoms with Gasteiger partial charge in [-0.2, -0.15) is 5.10 Å². The van der Waals surface area contributed by atoms with Crippen LogP contribution in [0.25, 0.3) is 11.3 Å². The van der Waals surface area contributed by atoms with Crippen molar-refractivity contribution in [2.24, 2.45) is 0 Å². The summed E-state index contributed by atoms with van der Waals surface area (Å²) in [4.78, 5) is 12.7. The standard InChI is InChI=1S/C22H18ClFN4O2/c1-13-21(14(2)28(26-13)12-15-3-9-18(24)10-4-15)25-22(29)19-11-20(30-27-19)16-5-7-17(23)8-6-16/h3-11H,12H2,1-2H3,(H,25,29). The lowest BCUT2D eigenvalue weighted by molar-refractivity contribution is 0.101. The Morgan fingerprint density at radius 3 is 2.53 bits per heavy atom. The quantitative estimate of drug-likeness (QED) is 0.475. The molecule has 0 saturated heterocycles. The highest BCUT2D eigenvalue weighted by Gasteiger charge is 2.19. The van der Waals surface area contributed by atoms with Crippen LogP contribution >= 0.6 is 11.6 Å². The molecule has 0 saturated carbocycles. The van der Waals surface area contributed by atoms with Crippen molar-refractivity contribution in [1.29, 1.82) is 0 Å². The van der Waals surface area contributed by atoms with Crippen LogP contribution in [0.3, 0.4) is 0 Å². The van der Waals surface area contributed by atoms with E-state index in [0.29, 0.717) is 28.7 Å². The number of amides is 1. The summed E-state index contributed by atoms with van der Waals surface area (Å²) in [6.07, 6.45) is 0. The Morgan fingerprint density at radius 1 is 1.13 bits per heavy atom. The first-order chi connectivity index (χ1) is 14.4. The number of nitrogens with zero attached hydrogens (tertiary/aromatic N) is 3. The average Bonchev–Trinajstić information content (AvgIpc) is 3.32. The molecule has 0 unspecified atom stereocenters. The highest BCUT2D eigenvalue weighted by atomic mass is 35.5. The molecule has 0 atom stereocenters. The maximum atomic E-state index is 13.1. The first-order valence-corrected chi connectivity index (χ1v) is 9.61. The Balaban J connectivity index is 1.51. The van der Waals surface area contributed by atoms with Crippen LogP contribution in [0.15, 0.2) is 59.1 Å². The Hall–Kier alpha value is -3.45. The van der Waals surface area contributed by atoms with E-state index in [1.165, 1.54) is 12.1 Å². The minimum Gasteiger partial charge on any atom is -0.355 e. The van der Waals surface area contributed by atoms with Crippen molar-refractivity contribution in [2.75, 3.05) is 5.32 Å². The number of rotatable bonds is 5. The number of halogens is 2. The maximum Gasteiger partial charge on any atom is 0.277 e. The molecule has 30 heavy (non-hydrogen) atoms. The third-order valence-corrected chi connectivity index (χ3v) is 4.99. The minimum atomic E-state index is -0.397. The molecule has 8 heteroatoms. The molecule has 0 aliphatic heterocycles. The van der Waals surface area contributed by atoms with Crippen molar-refractivity contribution in [3.05, 3.63) is 88.1 Å². The number of hydrogen-bond acceptors (Lipinski definition) is 4. The molecule has 0 radical (unpaired) electrons. The summed E-state index contributed by atoms with van der Waals surface area (Å²) < 4.78 is 20.2. The maximum absolute atomic E-state index is 13.1. The van der Waals surface area contributed by atoms with E-state index in [2.05, 4.69) is 15.6 Å². The first-order valence-electron chi connectivity index (χ1n) is 9.23. The van der Waals surface area contributed by atoms with Gasteiger partial charge >= 0.3 is 0 Å². The second-order valence-corrected chi connectivity index (χ2v) is 7.30. The Bertz CT molecular complexity index is 1200. The lowest BCUT2D eigenvalue weighted by Crippen LogP contribution is -2.13. The number of aromatic nitrogens is 3. The van der Waals surface area contributed by atoms with Crippen LogP contribution in [0.1, 0.15) is 27.4 Å². The van der Waals surface area contributed by atoms with E-state index in [0.717, 1.165) is 16.8 Å². The summed E-state index contributed by atoms with van der Waals surface area (Å²) in [5.74, 6) is -0.214. The monoisotopic (exact) mass is 424 g/mol. The Morgan fingerprint density at radius 2 is 1.83 bits per heavy atom. The van der Waals surface area contributed by atoms with Crippen LogP contribution in [-0.2, 0) is 6.54 Å². The van der Waals surface area contributed by atoms with Crippen LogP contribution in [0.5, 0.6) is 0 Å². The molecule has 4 aromatic rings. The van der Waals surface area contributed by atoms with Crippen molar-refractivity contribution < 1.29 is 13.7 Å². The third kappa shape index (κ3) is 4.11. The summed E-state index contributed by atoms with van der Waals surface area (Å²) in [6, 6.07) is 14.9. The summed E-state index contributed by atoms with van der Waals surface area (Å²) in [7, 11) is 0. The molecule has 152 valence electrons. The van der Waals surface area contributed by atoms with E-state index >= 15 is 0 Å². The van der Waals surface area contributed by atoms with Gasteiger partial charge in [-0.1, -0.05) is 28.9 Å². The molecule has 4 rings (SSSR count). The fourth-order valence-corrected chi connectivity index (χ4v) is 3.23. The lowest BCUT2D eigenvalue weighted by atomic mass is 10.1. The third-order valence-electron chi connectivity index (χ3n) is 4.74. The highest BCUT2D eigenvalue weighted by Crippen LogP contribution is 2.24. The van der Waals surface area contributed by atoms with Crippen LogP contribution in [0.4, 0.5) is 10.1 Å². The topological polar surface area (TPSA) is 73.0 Å². The summed E-state index contributed by atoms with van der Waals surface area (Å²) >= 11 is 5.90. The first kappa shape index (κ1) is 19.8. The second kappa shape index (κ2) is 8.12. The normalized spacial score (nSPS) is 10.9. The zero-order valence-electron chi connectivity index (χ0n) is 16.3. The average molecular weight is 425 g/mol. The van der Waals surface area contributed by atoms with Crippen LogP contribution in [0.2, 0.25) is 5.02 Å². The molecule has 0 aliphatic carbocycles. The largest absolute Gasteiger partial charge is 0.355 e. The van der Waals surface area contributed by atoms with Crippen molar-refractivity contribution >= 4 is 23.2 Å². The van der Waals surface area contributed by atoms with Gasteiger partial charge in [-0.25, -0.2) is 4.39 Å². The van der Waals surface area contributed by atoms with Crippen molar-refractivity contribution in [3.8, 4) is 11.3 Å². The van der Waals surface area contributed by atoms with Gasteiger partial charge in [0.25, 0.3) is 5.91 Å². The molecule has 1 N–H and O–H groups in total. The Labute approximate surface area is 177 Å². The van der Waals surface area contributed by atoms with Crippen molar-refractivity contribution in [2.45, 2.75) is 20.4 Å². The second-order valence-electron chi connectivity index (χ2n) is 6.87. The zero-order chi connectivity index (χ0) is 21.3. The SMILES string of the molecule is Cc1nn(Cc2ccc(F)cc2)c(C)c1NC(=O)c1cc(-c2ccc(Cl)cc2)on1. The molecule has 0 bridgehead atoms. The summed E-state index contributed by atoms with van der Waals surface area (Å²) in [5, 5.41) is 11.8. The van der Waals surface area contributed by atoms with E-state index in [4.69, 9.17) is 16.1 Å². The number of aryl methyl sites for hydroxylation is 1. The van der Waals surface area contributed by atoms with Gasteiger partial charge < -0.3 is 9.84 Å². The fourth-order valence-electron chi connectivity index (χ4n) is 3.10. The van der Waals surface area contributed by atoms with Gasteiger partial charge in [-0.3, -0.25) is 9.48 Å². The van der Waals surface area contributed by atoms with Gasteiger partial charge in [0.1, 0.15) is 5.82 Å². The number of nitrogens with one attached hydrogen (secondary N) is 1. The van der Waals surface area contributed by atoms with E-state index in [1.54, 1.807) is 47.1 Å². The summed E-state index contributed by atoms with van der Waals surface area (Å²) in [6.45, 7) is 4.14. The van der Waals surface area contributed by atoms with E-state index < -0.39 is 5.91 Å². The molecule has 2 aromatic carbocycles. The van der Waals surface area contributed by atoms with Gasteiger partial charge in [-0.05, 0) is 55.8 Å². The van der Waals surface area contributed by atoms with E-state index in [1.807, 2.05) is 13.8 Å². The van der Waals surface area contributed by atoms with Crippen LogP contribution < -0.4 is 5.32 Å². The smallest absolute Gasteiger partial charge is 0.277 e. The van der Waals surface area contributed by atoms with Crippen molar-refractivity contribution in [3.63, 3.8) is 0 Å². The van der Waals surface area contributed by atoms with Gasteiger partial charge in [-0.15, -0.1) is 0 Å². The zero-order valence-corrected chi connectivity index (χ0v) is 17.1. The van der Waals surface area contributed by atoms with E-state index in [9.17, 15) is 9.18 Å². The van der Waals surface area contributed by atoms with Gasteiger partial charge in [0.2, 0.25) is 0 Å². The molecule has 1 amide bonds. The Kier molecular flexibility index (Phi) is 5.37. The fraction of sp³-hybridized carbons (Fsp3) is 0.136. The predicted molar refractivity (Wildman–Crippen MR) is 112 cm³/mol. The van der Waals surface area contributed by atoms with Gasteiger partial charge in [0.15, 0.2) is 11.5 Å². The highest BCUT2D eigenvalue weighted by molar-refractivity contribution is 6.30. The van der Waals surface area contributed by atoms with Crippen molar-refractivity contribution in [1.82, 2.24) is 14.9 Å². The predicted octanol–water partition coefficient (Wildman–Crippen LogP) is 5.25. The van der Waals surface area contributed by atoms with Gasteiger partial charge in [0, 0.05) is 16.7 Å². The molecule has 0 aliphatic rings. The summed E-state index contributed by atoms with van der Waals surface area (Å²) in [5.41, 5.74) is 3.90. The number of benzene rings is 2. The minimum absolute atomic E-state index is 0.157. The molecule has 2 aromatic heterocycles. The van der Waals surface area contributed by atoms with Crippen LogP contribution in [-0.4, -0.2) is 20.8 Å². The van der Waals surface area contributed by atoms with Crippen LogP contribution in [0, 0.1) is 19.7 Å². The van der Waals surface area contributed by atoms with E-state index in [-0.39, 0.29) is 11.5 Å². The molecule has 6 nitrogen and oxygen atoms in total. The number of anilines is 1. The van der Waals surface area contributed by atoms with Gasteiger partial charge in [0.05, 0.1) is 23.6 Å².